The summed E-state index contributed by atoms with van der Waals surface area (Å²) < 4.78 is 0. The molecule has 0 saturated heterocycles. The Morgan fingerprint density at radius 2 is 1.78 bits per heavy atom. The SMILES string of the molecule is CCCCN(CCCC)C(=O)c1cccc(O)c1. The van der Waals surface area contributed by atoms with Gasteiger partial charge in [-0.15, -0.1) is 0 Å². The van der Waals surface area contributed by atoms with E-state index in [1.165, 1.54) is 6.07 Å². The summed E-state index contributed by atoms with van der Waals surface area (Å²) in [6.07, 6.45) is 4.20. The number of amides is 1. The second-order valence-electron chi connectivity index (χ2n) is 4.55. The van der Waals surface area contributed by atoms with E-state index in [0.29, 0.717) is 5.56 Å². The third-order valence-corrected chi connectivity index (χ3v) is 2.94. The molecule has 0 unspecified atom stereocenters. The summed E-state index contributed by atoms with van der Waals surface area (Å²) >= 11 is 0. The van der Waals surface area contributed by atoms with Gasteiger partial charge >= 0.3 is 0 Å². The Bertz CT molecular complexity index is 369. The van der Waals surface area contributed by atoms with E-state index in [1.807, 2.05) is 4.90 Å². The van der Waals surface area contributed by atoms with Crippen molar-refractivity contribution in [3.63, 3.8) is 0 Å². The fraction of sp³-hybridized carbons (Fsp3) is 0.533. The molecule has 0 atom stereocenters. The van der Waals surface area contributed by atoms with Gasteiger partial charge in [-0.05, 0) is 31.0 Å². The third kappa shape index (κ3) is 4.40. The largest absolute Gasteiger partial charge is 0.508 e. The van der Waals surface area contributed by atoms with Crippen molar-refractivity contribution in [2.75, 3.05) is 13.1 Å². The van der Waals surface area contributed by atoms with Gasteiger partial charge in [-0.1, -0.05) is 32.8 Å². The lowest BCUT2D eigenvalue weighted by Crippen LogP contribution is -2.32. The van der Waals surface area contributed by atoms with E-state index in [2.05, 4.69) is 13.8 Å². The summed E-state index contributed by atoms with van der Waals surface area (Å²) in [5.74, 6) is 0.166. The van der Waals surface area contributed by atoms with Crippen LogP contribution >= 0.6 is 0 Å². The summed E-state index contributed by atoms with van der Waals surface area (Å²) in [7, 11) is 0. The molecular formula is C15H23NO2. The molecule has 0 heterocycles. The van der Waals surface area contributed by atoms with E-state index in [1.54, 1.807) is 18.2 Å². The van der Waals surface area contributed by atoms with Crippen molar-refractivity contribution in [2.45, 2.75) is 39.5 Å². The number of nitrogens with zero attached hydrogens (tertiary/aromatic N) is 1. The zero-order valence-electron chi connectivity index (χ0n) is 11.4. The lowest BCUT2D eigenvalue weighted by molar-refractivity contribution is 0.0750. The van der Waals surface area contributed by atoms with Crippen LogP contribution in [-0.2, 0) is 0 Å². The molecule has 1 aromatic carbocycles. The van der Waals surface area contributed by atoms with Gasteiger partial charge in [-0.25, -0.2) is 0 Å². The van der Waals surface area contributed by atoms with Gasteiger partial charge < -0.3 is 10.0 Å². The molecule has 0 bridgehead atoms. The molecule has 0 saturated carbocycles. The van der Waals surface area contributed by atoms with Crippen LogP contribution in [0.1, 0.15) is 49.9 Å². The van der Waals surface area contributed by atoms with Gasteiger partial charge in [0.05, 0.1) is 0 Å². The fourth-order valence-corrected chi connectivity index (χ4v) is 1.83. The van der Waals surface area contributed by atoms with Gasteiger partial charge in [0.2, 0.25) is 0 Å². The average molecular weight is 249 g/mol. The van der Waals surface area contributed by atoms with E-state index in [9.17, 15) is 9.90 Å². The predicted octanol–water partition coefficient (Wildman–Crippen LogP) is 3.43. The molecule has 0 aliphatic heterocycles. The number of aromatic hydroxyl groups is 1. The Morgan fingerprint density at radius 3 is 2.28 bits per heavy atom. The molecule has 1 N–H and O–H groups in total. The second kappa shape index (κ2) is 7.75. The first kappa shape index (κ1) is 14.6. The molecule has 3 heteroatoms. The third-order valence-electron chi connectivity index (χ3n) is 2.94. The predicted molar refractivity (Wildman–Crippen MR) is 73.8 cm³/mol. The van der Waals surface area contributed by atoms with Crippen LogP contribution in [0.2, 0.25) is 0 Å². The Kier molecular flexibility index (Phi) is 6.26. The first-order valence-electron chi connectivity index (χ1n) is 6.77. The van der Waals surface area contributed by atoms with Crippen molar-refractivity contribution in [1.29, 1.82) is 0 Å². The normalized spacial score (nSPS) is 10.3. The number of benzene rings is 1. The smallest absolute Gasteiger partial charge is 0.253 e. The van der Waals surface area contributed by atoms with Crippen LogP contribution in [0.3, 0.4) is 0 Å². The van der Waals surface area contributed by atoms with Gasteiger partial charge in [0.15, 0.2) is 0 Å². The molecule has 1 rings (SSSR count). The minimum absolute atomic E-state index is 0.0211. The number of carbonyl (C=O) groups is 1. The number of hydrogen-bond acceptors (Lipinski definition) is 2. The van der Waals surface area contributed by atoms with E-state index in [4.69, 9.17) is 0 Å². The summed E-state index contributed by atoms with van der Waals surface area (Å²) in [6, 6.07) is 6.58. The maximum atomic E-state index is 12.3. The number of unbranched alkanes of at least 4 members (excludes halogenated alkanes) is 2. The van der Waals surface area contributed by atoms with Crippen molar-refractivity contribution < 1.29 is 9.90 Å². The molecule has 0 aromatic heterocycles. The number of phenolic OH excluding ortho intramolecular Hbond substituents is 1. The highest BCUT2D eigenvalue weighted by Gasteiger charge is 2.14. The molecule has 0 fully saturated rings. The minimum atomic E-state index is 0.0211. The first-order valence-corrected chi connectivity index (χ1v) is 6.77. The Morgan fingerprint density at radius 1 is 1.17 bits per heavy atom. The zero-order chi connectivity index (χ0) is 13.4. The Labute approximate surface area is 109 Å². The molecule has 100 valence electrons. The topological polar surface area (TPSA) is 40.5 Å². The van der Waals surface area contributed by atoms with Crippen molar-refractivity contribution in [3.05, 3.63) is 29.8 Å². The minimum Gasteiger partial charge on any atom is -0.508 e. The van der Waals surface area contributed by atoms with Gasteiger partial charge in [0, 0.05) is 18.7 Å². The molecule has 3 nitrogen and oxygen atoms in total. The Balaban J connectivity index is 2.73. The van der Waals surface area contributed by atoms with Gasteiger partial charge in [0.1, 0.15) is 5.75 Å². The average Bonchev–Trinajstić information content (AvgIpc) is 2.38. The standard InChI is InChI=1S/C15H23NO2/c1-3-5-10-16(11-6-4-2)15(18)13-8-7-9-14(17)12-13/h7-9,12,17H,3-6,10-11H2,1-2H3. The zero-order valence-corrected chi connectivity index (χ0v) is 11.4. The van der Waals surface area contributed by atoms with Gasteiger partial charge in [-0.2, -0.15) is 0 Å². The molecular weight excluding hydrogens is 226 g/mol. The molecule has 1 aromatic rings. The van der Waals surface area contributed by atoms with E-state index in [0.717, 1.165) is 38.8 Å². The lowest BCUT2D eigenvalue weighted by Gasteiger charge is -2.22. The summed E-state index contributed by atoms with van der Waals surface area (Å²) in [5, 5.41) is 9.43. The van der Waals surface area contributed by atoms with Crippen molar-refractivity contribution in [3.8, 4) is 5.75 Å². The maximum absolute atomic E-state index is 12.3. The van der Waals surface area contributed by atoms with Crippen LogP contribution in [0.25, 0.3) is 0 Å². The first-order chi connectivity index (χ1) is 8.69. The van der Waals surface area contributed by atoms with Gasteiger partial charge in [-0.3, -0.25) is 4.79 Å². The van der Waals surface area contributed by atoms with Crippen molar-refractivity contribution in [2.24, 2.45) is 0 Å². The van der Waals surface area contributed by atoms with Gasteiger partial charge in [0.25, 0.3) is 5.91 Å². The second-order valence-corrected chi connectivity index (χ2v) is 4.55. The van der Waals surface area contributed by atoms with Crippen LogP contribution in [0, 0.1) is 0 Å². The maximum Gasteiger partial charge on any atom is 0.253 e. The number of hydrogen-bond donors (Lipinski definition) is 1. The van der Waals surface area contributed by atoms with Crippen LogP contribution in [0.4, 0.5) is 0 Å². The monoisotopic (exact) mass is 249 g/mol. The summed E-state index contributed by atoms with van der Waals surface area (Å²) in [6.45, 7) is 5.84. The van der Waals surface area contributed by atoms with Crippen LogP contribution < -0.4 is 0 Å². The molecule has 0 radical (unpaired) electrons. The molecule has 0 aliphatic carbocycles. The molecule has 18 heavy (non-hydrogen) atoms. The number of carbonyl (C=O) groups excluding carboxylic acids is 1. The van der Waals surface area contributed by atoms with Crippen molar-refractivity contribution >= 4 is 5.91 Å². The van der Waals surface area contributed by atoms with Crippen LogP contribution in [0.15, 0.2) is 24.3 Å². The number of rotatable bonds is 7. The highest BCUT2D eigenvalue weighted by molar-refractivity contribution is 5.94. The van der Waals surface area contributed by atoms with Crippen molar-refractivity contribution in [1.82, 2.24) is 4.90 Å². The Hall–Kier alpha value is -1.51. The highest BCUT2D eigenvalue weighted by atomic mass is 16.3. The van der Waals surface area contributed by atoms with E-state index >= 15 is 0 Å². The quantitative estimate of drug-likeness (QED) is 0.804. The summed E-state index contributed by atoms with van der Waals surface area (Å²) in [5.41, 5.74) is 0.571. The summed E-state index contributed by atoms with van der Waals surface area (Å²) in [4.78, 5) is 14.2. The molecule has 1 amide bonds. The molecule has 0 aliphatic rings. The fourth-order valence-electron chi connectivity index (χ4n) is 1.83. The number of phenols is 1. The van der Waals surface area contributed by atoms with Crippen LogP contribution in [-0.4, -0.2) is 29.0 Å². The lowest BCUT2D eigenvalue weighted by atomic mass is 10.1. The molecule has 0 spiro atoms. The van der Waals surface area contributed by atoms with E-state index in [-0.39, 0.29) is 11.7 Å². The highest BCUT2D eigenvalue weighted by Crippen LogP contribution is 2.14. The van der Waals surface area contributed by atoms with Crippen LogP contribution in [0.5, 0.6) is 5.75 Å². The van der Waals surface area contributed by atoms with E-state index < -0.39 is 0 Å².